The number of nitrogens with zero attached hydrogens (tertiary/aromatic N) is 3. The van der Waals surface area contributed by atoms with Crippen LogP contribution < -0.4 is 5.32 Å². The maximum atomic E-state index is 12.3. The minimum Gasteiger partial charge on any atom is -0.332 e. The number of rotatable bonds is 6. The zero-order chi connectivity index (χ0) is 17.3. The Balaban J connectivity index is 1.61. The SMILES string of the molecule is Cc1cnn(CC2CC2)c1NC(=O)CN(C)C(=O)c1ccc(Br)s1. The second-order valence-electron chi connectivity index (χ2n) is 6.11. The van der Waals surface area contributed by atoms with Crippen LogP contribution in [0.25, 0.3) is 0 Å². The topological polar surface area (TPSA) is 67.2 Å². The zero-order valence-electron chi connectivity index (χ0n) is 13.6. The smallest absolute Gasteiger partial charge is 0.264 e. The molecule has 0 unspecified atom stereocenters. The Morgan fingerprint density at radius 2 is 2.21 bits per heavy atom. The van der Waals surface area contributed by atoms with Crippen molar-refractivity contribution in [3.05, 3.63) is 32.6 Å². The highest BCUT2D eigenvalue weighted by Gasteiger charge is 2.24. The van der Waals surface area contributed by atoms with Gasteiger partial charge in [-0.05, 0) is 53.7 Å². The van der Waals surface area contributed by atoms with E-state index in [1.165, 1.54) is 29.1 Å². The first-order valence-corrected chi connectivity index (χ1v) is 9.38. The molecule has 128 valence electrons. The van der Waals surface area contributed by atoms with Crippen molar-refractivity contribution in [3.8, 4) is 0 Å². The lowest BCUT2D eigenvalue weighted by atomic mass is 10.3. The molecule has 0 atom stereocenters. The summed E-state index contributed by atoms with van der Waals surface area (Å²) in [5.74, 6) is 1.01. The Morgan fingerprint density at radius 1 is 1.46 bits per heavy atom. The third-order valence-corrected chi connectivity index (χ3v) is 5.53. The van der Waals surface area contributed by atoms with Crippen LogP contribution in [0.4, 0.5) is 5.82 Å². The van der Waals surface area contributed by atoms with Gasteiger partial charge in [0.05, 0.1) is 21.4 Å². The number of carbonyl (C=O) groups is 2. The highest BCUT2D eigenvalue weighted by Crippen LogP contribution is 2.31. The first kappa shape index (κ1) is 17.2. The lowest BCUT2D eigenvalue weighted by Crippen LogP contribution is -2.35. The van der Waals surface area contributed by atoms with Crippen molar-refractivity contribution in [3.63, 3.8) is 0 Å². The fourth-order valence-corrected chi connectivity index (χ4v) is 3.78. The van der Waals surface area contributed by atoms with Crippen LogP contribution in [0.1, 0.15) is 28.1 Å². The Hall–Kier alpha value is -1.67. The summed E-state index contributed by atoms with van der Waals surface area (Å²) >= 11 is 4.69. The van der Waals surface area contributed by atoms with Gasteiger partial charge in [0.25, 0.3) is 5.91 Å². The molecule has 1 aliphatic carbocycles. The largest absolute Gasteiger partial charge is 0.332 e. The van der Waals surface area contributed by atoms with Crippen molar-refractivity contribution >= 4 is 44.9 Å². The number of thiophene rings is 1. The number of hydrogen-bond acceptors (Lipinski definition) is 4. The van der Waals surface area contributed by atoms with Gasteiger partial charge in [-0.15, -0.1) is 11.3 Å². The van der Waals surface area contributed by atoms with Gasteiger partial charge in [0, 0.05) is 19.2 Å². The molecule has 2 amide bonds. The van der Waals surface area contributed by atoms with Gasteiger partial charge < -0.3 is 10.2 Å². The molecular formula is C16H19BrN4O2S. The molecule has 0 radical (unpaired) electrons. The van der Waals surface area contributed by atoms with E-state index in [1.807, 2.05) is 17.7 Å². The summed E-state index contributed by atoms with van der Waals surface area (Å²) in [4.78, 5) is 26.6. The Bertz CT molecular complexity index is 766. The Labute approximate surface area is 153 Å². The summed E-state index contributed by atoms with van der Waals surface area (Å²) < 4.78 is 2.74. The Morgan fingerprint density at radius 3 is 2.83 bits per heavy atom. The number of amides is 2. The fourth-order valence-electron chi connectivity index (χ4n) is 2.40. The molecule has 0 aromatic carbocycles. The second-order valence-corrected chi connectivity index (χ2v) is 8.58. The van der Waals surface area contributed by atoms with Crippen LogP contribution in [0, 0.1) is 12.8 Å². The maximum absolute atomic E-state index is 12.3. The van der Waals surface area contributed by atoms with Gasteiger partial charge >= 0.3 is 0 Å². The van der Waals surface area contributed by atoms with Crippen LogP contribution in [0.5, 0.6) is 0 Å². The molecule has 8 heteroatoms. The number of nitrogens with one attached hydrogen (secondary N) is 1. The minimum atomic E-state index is -0.220. The molecule has 2 aromatic heterocycles. The molecule has 1 aliphatic rings. The summed E-state index contributed by atoms with van der Waals surface area (Å²) in [7, 11) is 1.63. The molecule has 2 heterocycles. The quantitative estimate of drug-likeness (QED) is 0.794. The first-order valence-electron chi connectivity index (χ1n) is 7.77. The van der Waals surface area contributed by atoms with Crippen LogP contribution in [0.2, 0.25) is 0 Å². The fraction of sp³-hybridized carbons (Fsp3) is 0.438. The van der Waals surface area contributed by atoms with Crippen molar-refractivity contribution < 1.29 is 9.59 Å². The van der Waals surface area contributed by atoms with Gasteiger partial charge in [-0.3, -0.25) is 9.59 Å². The minimum absolute atomic E-state index is 0.00238. The molecule has 0 spiro atoms. The lowest BCUT2D eigenvalue weighted by Gasteiger charge is -2.16. The van der Waals surface area contributed by atoms with E-state index in [0.29, 0.717) is 10.8 Å². The van der Waals surface area contributed by atoms with Gasteiger partial charge in [-0.2, -0.15) is 5.10 Å². The van der Waals surface area contributed by atoms with Crippen molar-refractivity contribution in [2.75, 3.05) is 18.9 Å². The molecule has 0 aliphatic heterocycles. The number of anilines is 1. The van der Waals surface area contributed by atoms with Crippen LogP contribution in [0.3, 0.4) is 0 Å². The standard InChI is InChI=1S/C16H19BrN4O2S/c1-10-7-18-21(8-11-3-4-11)15(10)19-14(22)9-20(2)16(23)12-5-6-13(17)24-12/h5-7,11H,3-4,8-9H2,1-2H3,(H,19,22). The lowest BCUT2D eigenvalue weighted by molar-refractivity contribution is -0.116. The number of carbonyl (C=O) groups excluding carboxylic acids is 2. The van der Waals surface area contributed by atoms with Gasteiger partial charge in [0.1, 0.15) is 5.82 Å². The normalized spacial score (nSPS) is 13.8. The average molecular weight is 411 g/mol. The van der Waals surface area contributed by atoms with Gasteiger partial charge in [0.15, 0.2) is 0 Å². The molecule has 0 bridgehead atoms. The van der Waals surface area contributed by atoms with Crippen LogP contribution in [-0.4, -0.2) is 40.1 Å². The van der Waals surface area contributed by atoms with E-state index in [-0.39, 0.29) is 18.4 Å². The number of hydrogen-bond donors (Lipinski definition) is 1. The zero-order valence-corrected chi connectivity index (χ0v) is 16.0. The van der Waals surface area contributed by atoms with Crippen molar-refractivity contribution in [1.29, 1.82) is 0 Å². The van der Waals surface area contributed by atoms with E-state index >= 15 is 0 Å². The molecule has 3 rings (SSSR count). The van der Waals surface area contributed by atoms with Crippen molar-refractivity contribution in [1.82, 2.24) is 14.7 Å². The van der Waals surface area contributed by atoms with E-state index in [4.69, 9.17) is 0 Å². The predicted octanol–water partition coefficient (Wildman–Crippen LogP) is 3.14. The third-order valence-electron chi connectivity index (χ3n) is 3.92. The van der Waals surface area contributed by atoms with Gasteiger partial charge in [0.2, 0.25) is 5.91 Å². The predicted molar refractivity (Wildman–Crippen MR) is 97.3 cm³/mol. The van der Waals surface area contributed by atoms with E-state index in [9.17, 15) is 9.59 Å². The van der Waals surface area contributed by atoms with Crippen molar-refractivity contribution in [2.24, 2.45) is 5.92 Å². The van der Waals surface area contributed by atoms with Crippen LogP contribution >= 0.6 is 27.3 Å². The summed E-state index contributed by atoms with van der Waals surface area (Å²) in [5, 5.41) is 7.23. The van der Waals surface area contributed by atoms with E-state index in [2.05, 4.69) is 26.3 Å². The summed E-state index contributed by atoms with van der Waals surface area (Å²) in [6.45, 7) is 2.76. The third kappa shape index (κ3) is 4.05. The van der Waals surface area contributed by atoms with Crippen LogP contribution in [-0.2, 0) is 11.3 Å². The number of aromatic nitrogens is 2. The molecule has 1 N–H and O–H groups in total. The molecular weight excluding hydrogens is 392 g/mol. The summed E-state index contributed by atoms with van der Waals surface area (Å²) in [6.07, 6.45) is 4.20. The van der Waals surface area contributed by atoms with E-state index in [0.717, 1.165) is 21.7 Å². The molecule has 1 fully saturated rings. The van der Waals surface area contributed by atoms with Crippen molar-refractivity contribution in [2.45, 2.75) is 26.3 Å². The molecule has 1 saturated carbocycles. The summed E-state index contributed by atoms with van der Waals surface area (Å²) in [5.41, 5.74) is 0.931. The van der Waals surface area contributed by atoms with Gasteiger partial charge in [-0.25, -0.2) is 4.68 Å². The number of halogens is 1. The molecule has 6 nitrogen and oxygen atoms in total. The highest BCUT2D eigenvalue weighted by molar-refractivity contribution is 9.11. The monoisotopic (exact) mass is 410 g/mol. The second kappa shape index (κ2) is 7.06. The average Bonchev–Trinajstić information content (AvgIpc) is 3.16. The molecule has 24 heavy (non-hydrogen) atoms. The van der Waals surface area contributed by atoms with Crippen LogP contribution in [0.15, 0.2) is 22.1 Å². The Kier molecular flexibility index (Phi) is 5.05. The van der Waals surface area contributed by atoms with E-state index < -0.39 is 0 Å². The van der Waals surface area contributed by atoms with E-state index in [1.54, 1.807) is 19.3 Å². The molecule has 0 saturated heterocycles. The number of likely N-dealkylation sites (N-methyl/N-ethyl adjacent to an activating group) is 1. The summed E-state index contributed by atoms with van der Waals surface area (Å²) in [6, 6.07) is 3.58. The maximum Gasteiger partial charge on any atom is 0.264 e. The number of aryl methyl sites for hydroxylation is 1. The molecule has 2 aromatic rings. The highest BCUT2D eigenvalue weighted by atomic mass is 79.9. The first-order chi connectivity index (χ1) is 11.4. The van der Waals surface area contributed by atoms with Gasteiger partial charge in [-0.1, -0.05) is 0 Å².